The van der Waals surface area contributed by atoms with Gasteiger partial charge in [0.05, 0.1) is 76.0 Å². The molecule has 2 aliphatic heterocycles. The topological polar surface area (TPSA) is 380 Å². The standard InChI is InChI=1S/C16H25N4O7P.C16H22N4O6.C5H10F3O5PS/c1-3-26-28(24,27-4-2)8-25-6-10-14(21)15(22)12(20-10)9-5-17-13-11(9)18-7-19-16(13)23;1-16(2,3)26-15(25)20-8(5-21)12(22)13(23)11(20)7-4-17-10-9(7)18-6-19-14(10)24;1-3-12-14(2,9)4-13-15(10,11)5(6,7)8/h5,7,10,12,14-15,17,20-22H,3-4,6,8H2,1-2H3,(H,18,19,23);4,6,8,11-13,17,21-23H,5H2,1-3H3,(H,18,19,24);3-4H2,1-2H3/t10-,12+,14-,15+;8-,11+,12-,13+;/m11./s1. The molecule has 1 amide bonds. The van der Waals surface area contributed by atoms with Crippen LogP contribution >= 0.6 is 15.0 Å². The number of ether oxygens (including phenoxy) is 2. The minimum absolute atomic E-state index is 0.0107. The van der Waals surface area contributed by atoms with Crippen molar-refractivity contribution in [3.05, 3.63) is 56.9 Å². The van der Waals surface area contributed by atoms with Crippen LogP contribution in [0.5, 0.6) is 0 Å². The Bertz CT molecular complexity index is 2670. The number of likely N-dealkylation sites (tertiary alicyclic amines) is 1. The van der Waals surface area contributed by atoms with Crippen LogP contribution in [0.4, 0.5) is 18.0 Å². The van der Waals surface area contributed by atoms with E-state index in [1.54, 1.807) is 40.8 Å². The minimum atomic E-state index is -5.70. The predicted octanol–water partition coefficient (Wildman–Crippen LogP) is 1.61. The fraction of sp³-hybridized carbons (Fsp3) is 0.649. The van der Waals surface area contributed by atoms with Crippen LogP contribution in [-0.4, -0.2) is 175 Å². The van der Waals surface area contributed by atoms with Gasteiger partial charge in [-0.15, -0.1) is 0 Å². The number of carbonyl (C=O) groups is 1. The number of H-pyrrole nitrogens is 4. The Balaban J connectivity index is 0.000000236. The number of aromatic nitrogens is 6. The lowest BCUT2D eigenvalue weighted by Gasteiger charge is -2.32. The Morgan fingerprint density at radius 2 is 1.32 bits per heavy atom. The highest BCUT2D eigenvalue weighted by atomic mass is 32.2. The van der Waals surface area contributed by atoms with Crippen molar-refractivity contribution in [2.45, 2.75) is 101 Å². The molecule has 0 saturated carbocycles. The van der Waals surface area contributed by atoms with Crippen LogP contribution < -0.4 is 16.4 Å². The number of amides is 1. The van der Waals surface area contributed by atoms with Crippen molar-refractivity contribution in [1.82, 2.24) is 40.1 Å². The van der Waals surface area contributed by atoms with Crippen LogP contribution in [0.3, 0.4) is 0 Å². The van der Waals surface area contributed by atoms with E-state index in [2.05, 4.69) is 43.9 Å². The maximum atomic E-state index is 12.7. The van der Waals surface area contributed by atoms with Crippen molar-refractivity contribution < 1.29 is 88.3 Å². The molecule has 2 saturated heterocycles. The molecule has 26 nitrogen and oxygen atoms in total. The van der Waals surface area contributed by atoms with E-state index in [9.17, 15) is 70.6 Å². The van der Waals surface area contributed by atoms with Crippen LogP contribution in [0.15, 0.2) is 34.6 Å². The fourth-order valence-corrected chi connectivity index (χ4v) is 10.5. The van der Waals surface area contributed by atoms with Gasteiger partial charge in [-0.25, -0.2) is 14.8 Å². The molecular weight excluding hydrogens is 995 g/mol. The first kappa shape index (κ1) is 57.4. The van der Waals surface area contributed by atoms with Crippen molar-refractivity contribution in [1.29, 1.82) is 0 Å². The van der Waals surface area contributed by atoms with Gasteiger partial charge in [0.15, 0.2) is 0 Å². The van der Waals surface area contributed by atoms with E-state index >= 15 is 0 Å². The molecule has 1 unspecified atom stereocenters. The summed E-state index contributed by atoms with van der Waals surface area (Å²) in [6.07, 6.45) is -1.71. The molecule has 0 bridgehead atoms. The van der Waals surface area contributed by atoms with Gasteiger partial charge in [0.1, 0.15) is 58.7 Å². The summed E-state index contributed by atoms with van der Waals surface area (Å²) >= 11 is 0. The first-order chi connectivity index (χ1) is 32.1. The smallest absolute Gasteiger partial charge is 0.444 e. The third-order valence-corrected chi connectivity index (χ3v) is 14.4. The van der Waals surface area contributed by atoms with Crippen molar-refractivity contribution in [2.24, 2.45) is 0 Å². The second-order valence-electron chi connectivity index (χ2n) is 16.2. The maximum absolute atomic E-state index is 12.7. The highest BCUT2D eigenvalue weighted by Crippen LogP contribution is 2.48. The number of nitrogens with one attached hydrogen (secondary N) is 5. The molecule has 0 aliphatic carbocycles. The van der Waals surface area contributed by atoms with Crippen LogP contribution in [0.2, 0.25) is 0 Å². The van der Waals surface area contributed by atoms with Crippen LogP contribution in [0, 0.1) is 0 Å². The van der Waals surface area contributed by atoms with Gasteiger partial charge < -0.3 is 73.8 Å². The normalized spacial score (nSPS) is 24.1. The van der Waals surface area contributed by atoms with E-state index in [4.69, 9.17) is 18.5 Å². The summed E-state index contributed by atoms with van der Waals surface area (Å²) in [4.78, 5) is 56.3. The molecule has 0 radical (unpaired) electrons. The third kappa shape index (κ3) is 14.1. The zero-order valence-corrected chi connectivity index (χ0v) is 40.8. The fourth-order valence-electron chi connectivity index (χ4n) is 7.07. The Morgan fingerprint density at radius 1 is 0.797 bits per heavy atom. The van der Waals surface area contributed by atoms with Crippen molar-refractivity contribution in [3.63, 3.8) is 0 Å². The summed E-state index contributed by atoms with van der Waals surface area (Å²) in [5.41, 5.74) is -5.01. The maximum Gasteiger partial charge on any atom is 0.523 e. The van der Waals surface area contributed by atoms with Crippen molar-refractivity contribution in [3.8, 4) is 0 Å². The summed E-state index contributed by atoms with van der Waals surface area (Å²) in [5.74, 6) is 0. The van der Waals surface area contributed by atoms with Gasteiger partial charge in [0.2, 0.25) is 7.37 Å². The molecule has 0 aromatic carbocycles. The van der Waals surface area contributed by atoms with Gasteiger partial charge in [-0.3, -0.25) is 27.8 Å². The second-order valence-corrected chi connectivity index (χ2v) is 22.4. The van der Waals surface area contributed by atoms with Crippen LogP contribution in [0.25, 0.3) is 22.1 Å². The summed E-state index contributed by atoms with van der Waals surface area (Å²) in [6.45, 7) is 10.8. The molecule has 6 rings (SSSR count). The minimum Gasteiger partial charge on any atom is -0.444 e. The van der Waals surface area contributed by atoms with E-state index in [0.717, 1.165) is 11.6 Å². The zero-order chi connectivity index (χ0) is 51.9. The molecule has 69 heavy (non-hydrogen) atoms. The number of aliphatic hydroxyl groups is 5. The van der Waals surface area contributed by atoms with E-state index < -0.39 is 109 Å². The van der Waals surface area contributed by atoms with Gasteiger partial charge >= 0.3 is 29.3 Å². The van der Waals surface area contributed by atoms with E-state index in [1.165, 1.54) is 25.8 Å². The average molecular weight is 1050 g/mol. The van der Waals surface area contributed by atoms with Gasteiger partial charge in [0, 0.05) is 30.2 Å². The van der Waals surface area contributed by atoms with Gasteiger partial charge in [-0.05, 0) is 41.5 Å². The zero-order valence-electron chi connectivity index (χ0n) is 38.2. The molecule has 32 heteroatoms. The lowest BCUT2D eigenvalue weighted by atomic mass is 10.0. The SMILES string of the molecule is CC(C)(C)OC(=O)N1[C@H](CO)[C@@H](O)[C@@H](O)[C@@H]1c1c[nH]c2c(=O)[nH]cnc12.CCOP(=O)(COC[C@H]1N[C@@H](c2c[nH]c3c(=O)[nH]cnc23)[C@H](O)[C@@H]1O)OCC.CCOP(C)(=O)COS(=O)(=O)C(F)(F)F. The van der Waals surface area contributed by atoms with Gasteiger partial charge in [-0.1, -0.05) is 0 Å². The monoisotopic (exact) mass is 1050 g/mol. The largest absolute Gasteiger partial charge is 0.523 e. The van der Waals surface area contributed by atoms with Crippen LogP contribution in [-0.2, 0) is 46.5 Å². The molecule has 9 atom stereocenters. The number of hydrogen-bond donors (Lipinski definition) is 10. The summed E-state index contributed by atoms with van der Waals surface area (Å²) in [6, 6.07) is -3.38. The Kier molecular flexibility index (Phi) is 19.5. The number of halogens is 3. The van der Waals surface area contributed by atoms with Crippen LogP contribution in [0.1, 0.15) is 64.8 Å². The van der Waals surface area contributed by atoms with E-state index in [-0.39, 0.29) is 54.9 Å². The lowest BCUT2D eigenvalue weighted by molar-refractivity contribution is -0.0532. The van der Waals surface area contributed by atoms with Crippen molar-refractivity contribution >= 4 is 53.2 Å². The van der Waals surface area contributed by atoms with Crippen molar-refractivity contribution in [2.75, 3.05) is 52.4 Å². The molecule has 2 fully saturated rings. The summed E-state index contributed by atoms with van der Waals surface area (Å²) in [7, 11) is -12.5. The Morgan fingerprint density at radius 3 is 1.81 bits per heavy atom. The average Bonchev–Trinajstić information content (AvgIpc) is 4.01. The summed E-state index contributed by atoms with van der Waals surface area (Å²) in [5, 5.41) is 54.4. The van der Waals surface area contributed by atoms with E-state index in [1.807, 2.05) is 0 Å². The first-order valence-electron chi connectivity index (χ1n) is 20.9. The number of fused-ring (bicyclic) bond motifs is 2. The lowest BCUT2D eigenvalue weighted by Crippen LogP contribution is -2.45. The Hall–Kier alpha value is -4.13. The van der Waals surface area contributed by atoms with Gasteiger partial charge in [0.25, 0.3) is 11.1 Å². The predicted molar refractivity (Wildman–Crippen MR) is 237 cm³/mol. The van der Waals surface area contributed by atoms with E-state index in [0.29, 0.717) is 16.6 Å². The van der Waals surface area contributed by atoms with Gasteiger partial charge in [-0.2, -0.15) is 21.6 Å². The molecule has 4 aromatic rings. The highest BCUT2D eigenvalue weighted by Gasteiger charge is 2.53. The first-order valence-corrected chi connectivity index (χ1v) is 26.3. The number of aromatic amines is 4. The number of aliphatic hydroxyl groups excluding tert-OH is 5. The Labute approximate surface area is 391 Å². The molecular formula is C37H57F3N8O18P2S. The quantitative estimate of drug-likeness (QED) is 0.0433. The molecule has 2 aliphatic rings. The number of hydrogen-bond acceptors (Lipinski definition) is 21. The molecule has 10 N–H and O–H groups in total. The second kappa shape index (κ2) is 23.4. The molecule has 6 heterocycles. The number of carbonyl (C=O) groups excluding carboxylic acids is 1. The molecule has 4 aromatic heterocycles. The number of nitrogens with zero attached hydrogens (tertiary/aromatic N) is 3. The number of rotatable bonds is 16. The molecule has 0 spiro atoms. The molecule has 390 valence electrons. The number of alkyl halides is 3. The summed E-state index contributed by atoms with van der Waals surface area (Å²) < 4.78 is 109. The third-order valence-electron chi connectivity index (χ3n) is 9.99. The highest BCUT2D eigenvalue weighted by molar-refractivity contribution is 7.87.